The molecule has 1 aromatic carbocycles. The second kappa shape index (κ2) is 4.38. The van der Waals surface area contributed by atoms with Crippen molar-refractivity contribution >= 4 is 21.6 Å². The van der Waals surface area contributed by atoms with E-state index in [9.17, 15) is 23.3 Å². The first kappa shape index (κ1) is 12.9. The zero-order chi connectivity index (χ0) is 12.5. The summed E-state index contributed by atoms with van der Waals surface area (Å²) < 4.78 is 36.6. The zero-order valence-corrected chi connectivity index (χ0v) is 9.17. The number of benzene rings is 1. The normalized spacial score (nSPS) is 11.6. The molecular formula is C8H5BrF3NO3. The minimum Gasteiger partial charge on any atom is -0.391 e. The number of nitrogens with zero attached hydrogens (tertiary/aromatic N) is 1. The van der Waals surface area contributed by atoms with Gasteiger partial charge < -0.3 is 5.11 Å². The van der Waals surface area contributed by atoms with E-state index in [1.54, 1.807) is 0 Å². The number of hydrogen-bond acceptors (Lipinski definition) is 3. The van der Waals surface area contributed by atoms with Crippen LogP contribution >= 0.6 is 15.9 Å². The molecule has 0 radical (unpaired) electrons. The van der Waals surface area contributed by atoms with Gasteiger partial charge in [-0.15, -0.1) is 0 Å². The monoisotopic (exact) mass is 299 g/mol. The van der Waals surface area contributed by atoms with Crippen LogP contribution in [0.1, 0.15) is 11.1 Å². The molecule has 0 aromatic heterocycles. The van der Waals surface area contributed by atoms with Crippen molar-refractivity contribution in [2.24, 2.45) is 0 Å². The lowest BCUT2D eigenvalue weighted by molar-refractivity contribution is -0.387. The Balaban J connectivity index is 3.50. The van der Waals surface area contributed by atoms with Crippen LogP contribution in [0.4, 0.5) is 18.9 Å². The SMILES string of the molecule is O=[N+]([O-])c1c(CO)ccc(C(F)(F)F)c1Br. The second-order valence-corrected chi connectivity index (χ2v) is 3.64. The van der Waals surface area contributed by atoms with E-state index in [0.717, 1.165) is 6.07 Å². The molecule has 16 heavy (non-hydrogen) atoms. The molecule has 0 aliphatic heterocycles. The third kappa shape index (κ3) is 2.33. The van der Waals surface area contributed by atoms with Crippen LogP contribution in [-0.2, 0) is 12.8 Å². The van der Waals surface area contributed by atoms with E-state index in [-0.39, 0.29) is 5.56 Å². The average molecular weight is 300 g/mol. The highest BCUT2D eigenvalue weighted by Gasteiger charge is 2.37. The summed E-state index contributed by atoms with van der Waals surface area (Å²) in [5.74, 6) is 0. The number of nitro groups is 1. The van der Waals surface area contributed by atoms with Gasteiger partial charge in [0, 0.05) is 0 Å². The summed E-state index contributed by atoms with van der Waals surface area (Å²) >= 11 is 2.54. The number of aliphatic hydroxyl groups is 1. The number of aliphatic hydroxyl groups excluding tert-OH is 1. The van der Waals surface area contributed by atoms with E-state index in [4.69, 9.17) is 5.11 Å². The Hall–Kier alpha value is -1.15. The molecule has 1 rings (SSSR count). The summed E-state index contributed by atoms with van der Waals surface area (Å²) in [6.45, 7) is -0.701. The van der Waals surface area contributed by atoms with E-state index >= 15 is 0 Å². The van der Waals surface area contributed by atoms with Gasteiger partial charge in [-0.3, -0.25) is 10.1 Å². The molecule has 1 aromatic rings. The summed E-state index contributed by atoms with van der Waals surface area (Å²) in [5.41, 5.74) is -2.08. The maximum absolute atomic E-state index is 12.4. The first-order valence-electron chi connectivity index (χ1n) is 3.93. The highest BCUT2D eigenvalue weighted by Crippen LogP contribution is 2.40. The fraction of sp³-hybridized carbons (Fsp3) is 0.250. The van der Waals surface area contributed by atoms with Crippen LogP contribution in [-0.4, -0.2) is 10.0 Å². The van der Waals surface area contributed by atoms with Crippen LogP contribution in [0.25, 0.3) is 0 Å². The first-order valence-corrected chi connectivity index (χ1v) is 4.72. The lowest BCUT2D eigenvalue weighted by Crippen LogP contribution is -2.09. The summed E-state index contributed by atoms with van der Waals surface area (Å²) in [6.07, 6.45) is -4.68. The smallest absolute Gasteiger partial charge is 0.391 e. The van der Waals surface area contributed by atoms with Gasteiger partial charge in [0.05, 0.1) is 22.7 Å². The van der Waals surface area contributed by atoms with Gasteiger partial charge in [0.2, 0.25) is 0 Å². The molecule has 0 atom stereocenters. The average Bonchev–Trinajstić information content (AvgIpc) is 2.14. The van der Waals surface area contributed by atoms with Crippen molar-refractivity contribution in [3.05, 3.63) is 37.8 Å². The highest BCUT2D eigenvalue weighted by molar-refractivity contribution is 9.10. The summed E-state index contributed by atoms with van der Waals surface area (Å²) in [4.78, 5) is 9.61. The van der Waals surface area contributed by atoms with Gasteiger partial charge in [0.15, 0.2) is 0 Å². The third-order valence-corrected chi connectivity index (χ3v) is 2.66. The molecule has 0 aliphatic carbocycles. The van der Waals surface area contributed by atoms with E-state index < -0.39 is 33.4 Å². The Labute approximate surface area is 96.0 Å². The standard InChI is InChI=1S/C8H5BrF3NO3/c9-6-5(8(10,11)12)2-1-4(3-14)7(6)13(15)16/h1-2,14H,3H2. The Morgan fingerprint density at radius 1 is 1.44 bits per heavy atom. The third-order valence-electron chi connectivity index (χ3n) is 1.86. The molecule has 0 unspecified atom stereocenters. The van der Waals surface area contributed by atoms with Gasteiger partial charge in [-0.1, -0.05) is 0 Å². The molecule has 1 N–H and O–H groups in total. The number of rotatable bonds is 2. The van der Waals surface area contributed by atoms with Gasteiger partial charge in [0.25, 0.3) is 5.69 Å². The van der Waals surface area contributed by atoms with Gasteiger partial charge in [-0.05, 0) is 28.1 Å². The number of nitro benzene ring substituents is 1. The van der Waals surface area contributed by atoms with Crippen LogP contribution < -0.4 is 0 Å². The molecule has 0 amide bonds. The molecule has 0 heterocycles. The zero-order valence-electron chi connectivity index (χ0n) is 7.58. The number of hydrogen-bond donors (Lipinski definition) is 1. The van der Waals surface area contributed by atoms with Crippen molar-refractivity contribution in [3.8, 4) is 0 Å². The molecule has 88 valence electrons. The van der Waals surface area contributed by atoms with E-state index in [1.165, 1.54) is 0 Å². The topological polar surface area (TPSA) is 63.4 Å². The Bertz CT molecular complexity index is 433. The number of alkyl halides is 3. The van der Waals surface area contributed by atoms with Crippen molar-refractivity contribution in [2.45, 2.75) is 12.8 Å². The van der Waals surface area contributed by atoms with E-state index in [0.29, 0.717) is 6.07 Å². The van der Waals surface area contributed by atoms with Crippen LogP contribution in [0.15, 0.2) is 16.6 Å². The quantitative estimate of drug-likeness (QED) is 0.674. The Kier molecular flexibility index (Phi) is 3.54. The van der Waals surface area contributed by atoms with Crippen LogP contribution in [0.5, 0.6) is 0 Å². The van der Waals surface area contributed by atoms with Gasteiger partial charge in [-0.25, -0.2) is 0 Å². The van der Waals surface area contributed by atoms with Crippen molar-refractivity contribution in [1.29, 1.82) is 0 Å². The lowest BCUT2D eigenvalue weighted by Gasteiger charge is -2.10. The van der Waals surface area contributed by atoms with Crippen molar-refractivity contribution < 1.29 is 23.2 Å². The largest absolute Gasteiger partial charge is 0.417 e. The first-order chi connectivity index (χ1) is 7.29. The van der Waals surface area contributed by atoms with Crippen LogP contribution in [0.3, 0.4) is 0 Å². The molecule has 0 bridgehead atoms. The van der Waals surface area contributed by atoms with Gasteiger partial charge in [-0.2, -0.15) is 13.2 Å². The van der Waals surface area contributed by atoms with Crippen molar-refractivity contribution in [2.75, 3.05) is 0 Å². The van der Waals surface area contributed by atoms with Gasteiger partial charge in [0.1, 0.15) is 4.47 Å². The van der Waals surface area contributed by atoms with Crippen LogP contribution in [0, 0.1) is 10.1 Å². The fourth-order valence-corrected chi connectivity index (χ4v) is 1.90. The summed E-state index contributed by atoms with van der Waals surface area (Å²) in [5, 5.41) is 19.4. The molecule has 4 nitrogen and oxygen atoms in total. The predicted octanol–water partition coefficient (Wildman–Crippen LogP) is 2.87. The lowest BCUT2D eigenvalue weighted by atomic mass is 10.1. The second-order valence-electron chi connectivity index (χ2n) is 2.85. The highest BCUT2D eigenvalue weighted by atomic mass is 79.9. The molecule has 0 fully saturated rings. The van der Waals surface area contributed by atoms with E-state index in [1.807, 2.05) is 0 Å². The minimum absolute atomic E-state index is 0.176. The van der Waals surface area contributed by atoms with Gasteiger partial charge >= 0.3 is 6.18 Å². The maximum Gasteiger partial charge on any atom is 0.417 e. The molecule has 0 spiro atoms. The predicted molar refractivity (Wildman–Crippen MR) is 51.7 cm³/mol. The van der Waals surface area contributed by atoms with Crippen molar-refractivity contribution in [3.63, 3.8) is 0 Å². The summed E-state index contributed by atoms with van der Waals surface area (Å²) in [7, 11) is 0. The minimum atomic E-state index is -4.68. The fourth-order valence-electron chi connectivity index (χ4n) is 1.15. The Morgan fingerprint density at radius 3 is 2.38 bits per heavy atom. The molecule has 0 saturated carbocycles. The van der Waals surface area contributed by atoms with Crippen molar-refractivity contribution in [1.82, 2.24) is 0 Å². The van der Waals surface area contributed by atoms with Crippen LogP contribution in [0.2, 0.25) is 0 Å². The van der Waals surface area contributed by atoms with E-state index in [2.05, 4.69) is 15.9 Å². The number of halogens is 4. The molecule has 0 aliphatic rings. The molecule has 0 saturated heterocycles. The molecule has 8 heteroatoms. The Morgan fingerprint density at radius 2 is 2.00 bits per heavy atom. The molecular weight excluding hydrogens is 295 g/mol. The maximum atomic E-state index is 12.4. The summed E-state index contributed by atoms with van der Waals surface area (Å²) in [6, 6.07) is 1.56.